The highest BCUT2D eigenvalue weighted by atomic mass is 32.2. The molecule has 2 saturated heterocycles. The number of carbonyl (C=O) groups is 2. The summed E-state index contributed by atoms with van der Waals surface area (Å²) in [6, 6.07) is 13.8. The molecule has 0 radical (unpaired) electrons. The fraction of sp³-hybridized carbons (Fsp3) is 0.367. The number of fused-ring (bicyclic) bond motifs is 1. The molecular weight excluding hydrogens is 574 g/mol. The van der Waals surface area contributed by atoms with E-state index >= 15 is 0 Å². The van der Waals surface area contributed by atoms with E-state index in [9.17, 15) is 18.4 Å². The molecule has 0 bridgehead atoms. The van der Waals surface area contributed by atoms with Crippen LogP contribution in [0.3, 0.4) is 0 Å². The van der Waals surface area contributed by atoms with Crippen molar-refractivity contribution < 1.29 is 32.6 Å². The third kappa shape index (κ3) is 6.28. The third-order valence-corrected chi connectivity index (χ3v) is 8.70. The lowest BCUT2D eigenvalue weighted by atomic mass is 10.0. The molecule has 2 fully saturated rings. The molecule has 3 atom stereocenters. The summed E-state index contributed by atoms with van der Waals surface area (Å²) in [5.41, 5.74) is 7.26. The molecular formula is C30H34N5O7S-. The monoisotopic (exact) mass is 608 g/mol. The summed E-state index contributed by atoms with van der Waals surface area (Å²) >= 11 is -2.77. The number of carbonyl (C=O) groups excluding carboxylic acids is 2. The van der Waals surface area contributed by atoms with Crippen molar-refractivity contribution in [3.05, 3.63) is 65.7 Å². The number of nitrogens with two attached hydrogens (primary N) is 1. The summed E-state index contributed by atoms with van der Waals surface area (Å²) < 4.78 is 42.5. The van der Waals surface area contributed by atoms with E-state index in [1.54, 1.807) is 59.5 Å². The number of amides is 2. The van der Waals surface area contributed by atoms with E-state index in [0.29, 0.717) is 54.4 Å². The lowest BCUT2D eigenvalue weighted by molar-refractivity contribution is -0.146. The number of hydrogen-bond acceptors (Lipinski definition) is 8. The molecule has 5 rings (SSSR count). The molecule has 0 aromatic heterocycles. The van der Waals surface area contributed by atoms with Crippen LogP contribution < -0.4 is 19.5 Å². The largest absolute Gasteiger partial charge is 0.755 e. The number of ether oxygens (including phenoxy) is 3. The first-order valence-corrected chi connectivity index (χ1v) is 14.9. The van der Waals surface area contributed by atoms with Crippen molar-refractivity contribution in [3.63, 3.8) is 0 Å². The fourth-order valence-corrected chi connectivity index (χ4v) is 6.34. The van der Waals surface area contributed by atoms with Gasteiger partial charge in [0, 0.05) is 48.6 Å². The topological polar surface area (TPSA) is 162 Å². The zero-order valence-corrected chi connectivity index (χ0v) is 24.8. The Labute approximate surface area is 252 Å². The minimum atomic E-state index is -2.77. The maximum absolute atomic E-state index is 14.0. The van der Waals surface area contributed by atoms with Gasteiger partial charge in [-0.25, -0.2) is 0 Å². The first-order valence-electron chi connectivity index (χ1n) is 13.9. The van der Waals surface area contributed by atoms with Gasteiger partial charge in [0.1, 0.15) is 17.9 Å². The quantitative estimate of drug-likeness (QED) is 0.200. The van der Waals surface area contributed by atoms with Gasteiger partial charge in [-0.3, -0.25) is 23.5 Å². The summed E-state index contributed by atoms with van der Waals surface area (Å²) in [5.74, 6) is 0.312. The maximum Gasteiger partial charge on any atom is 0.247 e. The second-order valence-corrected chi connectivity index (χ2v) is 11.2. The number of hydrogen-bond donors (Lipinski definition) is 2. The zero-order chi connectivity index (χ0) is 30.7. The maximum atomic E-state index is 14.0. The molecule has 43 heavy (non-hydrogen) atoms. The van der Waals surface area contributed by atoms with Gasteiger partial charge in [-0.05, 0) is 47.0 Å². The van der Waals surface area contributed by atoms with Gasteiger partial charge >= 0.3 is 0 Å². The van der Waals surface area contributed by atoms with Gasteiger partial charge in [0.15, 0.2) is 11.5 Å². The average Bonchev–Trinajstić information content (AvgIpc) is 3.39. The van der Waals surface area contributed by atoms with Gasteiger partial charge in [-0.15, -0.1) is 0 Å². The van der Waals surface area contributed by atoms with Gasteiger partial charge in [0.25, 0.3) is 0 Å². The lowest BCUT2D eigenvalue weighted by Crippen LogP contribution is -2.54. The Hall–Kier alpha value is -4.20. The first-order chi connectivity index (χ1) is 20.7. The van der Waals surface area contributed by atoms with Crippen molar-refractivity contribution in [2.24, 2.45) is 5.73 Å². The van der Waals surface area contributed by atoms with Crippen molar-refractivity contribution in [2.45, 2.75) is 24.9 Å². The number of nitrogen functional groups attached to an aromatic ring is 1. The highest BCUT2D eigenvalue weighted by molar-refractivity contribution is 7.80. The molecule has 2 aliphatic rings. The normalized spacial score (nSPS) is 18.4. The summed E-state index contributed by atoms with van der Waals surface area (Å²) in [4.78, 5) is 31.0. The first kappa shape index (κ1) is 30.3. The zero-order valence-electron chi connectivity index (χ0n) is 24.0. The second kappa shape index (κ2) is 13.0. The molecule has 2 amide bonds. The van der Waals surface area contributed by atoms with E-state index in [1.165, 1.54) is 19.1 Å². The molecule has 2 heterocycles. The van der Waals surface area contributed by atoms with Crippen LogP contribution in [-0.4, -0.2) is 95.4 Å². The lowest BCUT2D eigenvalue weighted by Gasteiger charge is -2.36. The van der Waals surface area contributed by atoms with Gasteiger partial charge in [0.2, 0.25) is 11.8 Å². The molecule has 3 N–H and O–H groups in total. The summed E-state index contributed by atoms with van der Waals surface area (Å²) in [7, 11) is 3.06. The number of nitrogens with one attached hydrogen (secondary N) is 1. The Kier molecular flexibility index (Phi) is 9.14. The molecule has 3 aromatic carbocycles. The molecule has 0 aliphatic carbocycles. The fourth-order valence-electron chi connectivity index (χ4n) is 5.65. The molecule has 228 valence electrons. The second-order valence-electron chi connectivity index (χ2n) is 10.4. The number of nitrogens with zero attached hydrogens (tertiary/aromatic N) is 3. The molecule has 12 nitrogen and oxygen atoms in total. The number of morpholine rings is 1. The van der Waals surface area contributed by atoms with Crippen LogP contribution >= 0.6 is 0 Å². The van der Waals surface area contributed by atoms with Gasteiger partial charge in [-0.2, -0.15) is 0 Å². The molecule has 0 spiro atoms. The van der Waals surface area contributed by atoms with Crippen LogP contribution in [0.5, 0.6) is 11.5 Å². The number of methoxy groups -OCH3 is 2. The molecule has 3 unspecified atom stereocenters. The van der Waals surface area contributed by atoms with E-state index in [1.807, 2.05) is 0 Å². The predicted octanol–water partition coefficient (Wildman–Crippen LogP) is 1.81. The Morgan fingerprint density at radius 2 is 1.72 bits per heavy atom. The van der Waals surface area contributed by atoms with E-state index in [4.69, 9.17) is 25.4 Å². The summed E-state index contributed by atoms with van der Waals surface area (Å²) in [5, 5.41) is 9.17. The van der Waals surface area contributed by atoms with E-state index < -0.39 is 29.3 Å². The SMILES string of the molecule is COc1cc2ccc(N(C3CCN(C(Cc4ccc(C(=N)N)cc4)C(=O)N4CCOCC4)C3=O)S(=O)[O-])cc2cc1OC. The van der Waals surface area contributed by atoms with Gasteiger partial charge in [-0.1, -0.05) is 30.3 Å². The minimum Gasteiger partial charge on any atom is -0.755 e. The van der Waals surface area contributed by atoms with Gasteiger partial charge in [0.05, 0.1) is 27.4 Å². The minimum absolute atomic E-state index is 0.0676. The molecule has 2 aliphatic heterocycles. The van der Waals surface area contributed by atoms with Crippen LogP contribution in [0, 0.1) is 5.41 Å². The van der Waals surface area contributed by atoms with E-state index in [-0.39, 0.29) is 31.1 Å². The van der Waals surface area contributed by atoms with Crippen molar-refractivity contribution in [1.29, 1.82) is 5.41 Å². The van der Waals surface area contributed by atoms with Crippen LogP contribution in [-0.2, 0) is 32.0 Å². The number of benzene rings is 3. The smallest absolute Gasteiger partial charge is 0.247 e. The summed E-state index contributed by atoms with van der Waals surface area (Å²) in [6.45, 7) is 1.84. The van der Waals surface area contributed by atoms with Crippen molar-refractivity contribution in [2.75, 3.05) is 51.4 Å². The van der Waals surface area contributed by atoms with Crippen LogP contribution in [0.4, 0.5) is 5.69 Å². The number of anilines is 1. The average molecular weight is 609 g/mol. The standard InChI is InChI=1S/C30H35N5O7S/c1-40-26-17-21-7-8-23(16-22(21)18-27(26)41-2)35(43(38)39)24-9-10-34(30(24)37)25(29(36)33-11-13-42-14-12-33)15-19-3-5-20(6-4-19)28(31)32/h3-8,16-18,24-25H,9-15H2,1-2H3,(H3,31,32)(H,38,39)/p-1. The Balaban J connectivity index is 1.45. The van der Waals surface area contributed by atoms with Crippen LogP contribution in [0.25, 0.3) is 10.8 Å². The molecule has 3 aromatic rings. The number of rotatable bonds is 10. The highest BCUT2D eigenvalue weighted by Gasteiger charge is 2.43. The van der Waals surface area contributed by atoms with Crippen molar-refractivity contribution in [1.82, 2.24) is 9.80 Å². The van der Waals surface area contributed by atoms with Crippen LogP contribution in [0.1, 0.15) is 17.5 Å². The molecule has 13 heteroatoms. The van der Waals surface area contributed by atoms with E-state index in [2.05, 4.69) is 0 Å². The van der Waals surface area contributed by atoms with Crippen LogP contribution in [0.2, 0.25) is 0 Å². The van der Waals surface area contributed by atoms with Gasteiger partial charge < -0.3 is 34.3 Å². The number of amidine groups is 1. The predicted molar refractivity (Wildman–Crippen MR) is 161 cm³/mol. The third-order valence-electron chi connectivity index (χ3n) is 7.91. The molecule has 0 saturated carbocycles. The van der Waals surface area contributed by atoms with E-state index in [0.717, 1.165) is 15.3 Å². The van der Waals surface area contributed by atoms with Crippen molar-refractivity contribution >= 4 is 45.4 Å². The highest BCUT2D eigenvalue weighted by Crippen LogP contribution is 2.35. The number of likely N-dealkylation sites (tertiary alicyclic amines) is 1. The van der Waals surface area contributed by atoms with Crippen molar-refractivity contribution in [3.8, 4) is 11.5 Å². The Bertz CT molecular complexity index is 1540. The summed E-state index contributed by atoms with van der Waals surface area (Å²) in [6.07, 6.45) is 0.442. The Morgan fingerprint density at radius 1 is 1.07 bits per heavy atom. The Morgan fingerprint density at radius 3 is 2.33 bits per heavy atom. The van der Waals surface area contributed by atoms with Crippen LogP contribution in [0.15, 0.2) is 54.6 Å².